The first-order valence-corrected chi connectivity index (χ1v) is 6.64. The van der Waals surface area contributed by atoms with Crippen LogP contribution in [0.2, 0.25) is 0 Å². The Bertz CT molecular complexity index is 362. The summed E-state index contributed by atoms with van der Waals surface area (Å²) in [4.78, 5) is 2.44. The summed E-state index contributed by atoms with van der Waals surface area (Å²) >= 11 is 0. The molecule has 0 radical (unpaired) electrons. The van der Waals surface area contributed by atoms with Crippen LogP contribution in [0.15, 0.2) is 18.2 Å². The van der Waals surface area contributed by atoms with Crippen molar-refractivity contribution in [2.75, 3.05) is 27.2 Å². The van der Waals surface area contributed by atoms with Gasteiger partial charge in [-0.25, -0.2) is 0 Å². The standard InChI is InChI=1S/C15H23NO/c1-16-10-5-3-4-6-13-7-8-15(17-2)12-14(13)9-11-16/h7-8,12H,3-6,9-11H2,1-2H3. The van der Waals surface area contributed by atoms with Crippen LogP contribution in [0.3, 0.4) is 0 Å². The van der Waals surface area contributed by atoms with Crippen molar-refractivity contribution < 1.29 is 4.74 Å². The van der Waals surface area contributed by atoms with Crippen LogP contribution < -0.4 is 4.74 Å². The Morgan fingerprint density at radius 3 is 2.71 bits per heavy atom. The van der Waals surface area contributed by atoms with Crippen LogP contribution in [0.1, 0.15) is 30.4 Å². The third-order valence-electron chi connectivity index (χ3n) is 3.66. The van der Waals surface area contributed by atoms with Gasteiger partial charge < -0.3 is 9.64 Å². The first kappa shape index (κ1) is 12.4. The van der Waals surface area contributed by atoms with Crippen molar-refractivity contribution in [3.63, 3.8) is 0 Å². The molecule has 1 aliphatic heterocycles. The van der Waals surface area contributed by atoms with Crippen LogP contribution >= 0.6 is 0 Å². The molecule has 2 rings (SSSR count). The van der Waals surface area contributed by atoms with E-state index in [2.05, 4.69) is 30.1 Å². The summed E-state index contributed by atoms with van der Waals surface area (Å²) in [7, 11) is 3.97. The molecular weight excluding hydrogens is 210 g/mol. The Balaban J connectivity index is 2.17. The molecule has 94 valence electrons. The van der Waals surface area contributed by atoms with Gasteiger partial charge in [-0.05, 0) is 62.5 Å². The van der Waals surface area contributed by atoms with E-state index in [1.54, 1.807) is 7.11 Å². The summed E-state index contributed by atoms with van der Waals surface area (Å²) in [5.41, 5.74) is 2.99. The largest absolute Gasteiger partial charge is 0.497 e. The predicted molar refractivity (Wildman–Crippen MR) is 71.8 cm³/mol. The van der Waals surface area contributed by atoms with Gasteiger partial charge >= 0.3 is 0 Å². The zero-order chi connectivity index (χ0) is 12.1. The van der Waals surface area contributed by atoms with Crippen molar-refractivity contribution in [1.29, 1.82) is 0 Å². The van der Waals surface area contributed by atoms with Gasteiger partial charge in [-0.15, -0.1) is 0 Å². The number of likely N-dealkylation sites (N-methyl/N-ethyl adjacent to an activating group) is 1. The SMILES string of the molecule is COc1ccc2c(c1)CCN(C)CCCCC2. The Kier molecular flexibility index (Phi) is 4.43. The van der Waals surface area contributed by atoms with Crippen LogP contribution in [0, 0.1) is 0 Å². The number of methoxy groups -OCH3 is 1. The van der Waals surface area contributed by atoms with Gasteiger partial charge in [-0.2, -0.15) is 0 Å². The highest BCUT2D eigenvalue weighted by Gasteiger charge is 2.08. The van der Waals surface area contributed by atoms with E-state index >= 15 is 0 Å². The minimum Gasteiger partial charge on any atom is -0.497 e. The van der Waals surface area contributed by atoms with Crippen molar-refractivity contribution in [3.05, 3.63) is 29.3 Å². The number of aryl methyl sites for hydroxylation is 1. The molecule has 0 aromatic heterocycles. The topological polar surface area (TPSA) is 12.5 Å². The maximum Gasteiger partial charge on any atom is 0.119 e. The summed E-state index contributed by atoms with van der Waals surface area (Å²) in [5, 5.41) is 0. The van der Waals surface area contributed by atoms with E-state index in [1.807, 2.05) is 0 Å². The summed E-state index contributed by atoms with van der Waals surface area (Å²) in [5.74, 6) is 0.989. The second-order valence-corrected chi connectivity index (χ2v) is 5.00. The number of fused-ring (bicyclic) bond motifs is 1. The van der Waals surface area contributed by atoms with Crippen molar-refractivity contribution in [2.45, 2.75) is 32.1 Å². The zero-order valence-electron chi connectivity index (χ0n) is 11.0. The lowest BCUT2D eigenvalue weighted by atomic mass is 9.97. The molecule has 0 bridgehead atoms. The highest BCUT2D eigenvalue weighted by atomic mass is 16.5. The smallest absolute Gasteiger partial charge is 0.119 e. The van der Waals surface area contributed by atoms with E-state index in [1.165, 1.54) is 43.4 Å². The lowest BCUT2D eigenvalue weighted by Gasteiger charge is -2.20. The fraction of sp³-hybridized carbons (Fsp3) is 0.600. The van der Waals surface area contributed by atoms with Crippen molar-refractivity contribution in [1.82, 2.24) is 4.90 Å². The number of rotatable bonds is 1. The molecular formula is C15H23NO. The van der Waals surface area contributed by atoms with Crippen molar-refractivity contribution >= 4 is 0 Å². The van der Waals surface area contributed by atoms with Gasteiger partial charge in [-0.1, -0.05) is 12.5 Å². The average Bonchev–Trinajstić information content (AvgIpc) is 2.36. The molecule has 2 nitrogen and oxygen atoms in total. The average molecular weight is 233 g/mol. The molecule has 0 amide bonds. The van der Waals surface area contributed by atoms with Gasteiger partial charge in [0.15, 0.2) is 0 Å². The molecule has 2 heteroatoms. The molecule has 0 N–H and O–H groups in total. The lowest BCUT2D eigenvalue weighted by Crippen LogP contribution is -2.23. The normalized spacial score (nSPS) is 18.5. The molecule has 1 aliphatic rings. The highest BCUT2D eigenvalue weighted by molar-refractivity contribution is 5.36. The minimum atomic E-state index is 0.989. The van der Waals surface area contributed by atoms with Crippen LogP contribution in [0.25, 0.3) is 0 Å². The molecule has 0 fully saturated rings. The third kappa shape index (κ3) is 3.47. The Morgan fingerprint density at radius 2 is 1.88 bits per heavy atom. The molecule has 0 unspecified atom stereocenters. The first-order valence-electron chi connectivity index (χ1n) is 6.64. The Hall–Kier alpha value is -1.02. The quantitative estimate of drug-likeness (QED) is 0.739. The zero-order valence-corrected chi connectivity index (χ0v) is 11.0. The molecule has 17 heavy (non-hydrogen) atoms. The Morgan fingerprint density at radius 1 is 1.00 bits per heavy atom. The summed E-state index contributed by atoms with van der Waals surface area (Å²) in [6.45, 7) is 2.39. The number of ether oxygens (including phenoxy) is 1. The Labute approximate surface area is 105 Å². The fourth-order valence-corrected chi connectivity index (χ4v) is 2.50. The maximum absolute atomic E-state index is 5.32. The molecule has 1 aromatic carbocycles. The van der Waals surface area contributed by atoms with Gasteiger partial charge in [-0.3, -0.25) is 0 Å². The number of benzene rings is 1. The molecule has 0 saturated heterocycles. The second-order valence-electron chi connectivity index (χ2n) is 5.00. The van der Waals surface area contributed by atoms with Gasteiger partial charge in [0.05, 0.1) is 7.11 Å². The third-order valence-corrected chi connectivity index (χ3v) is 3.66. The lowest BCUT2D eigenvalue weighted by molar-refractivity contribution is 0.325. The summed E-state index contributed by atoms with van der Waals surface area (Å²) < 4.78 is 5.32. The van der Waals surface area contributed by atoms with Gasteiger partial charge in [0, 0.05) is 6.54 Å². The fourth-order valence-electron chi connectivity index (χ4n) is 2.50. The first-order chi connectivity index (χ1) is 8.29. The van der Waals surface area contributed by atoms with E-state index in [9.17, 15) is 0 Å². The maximum atomic E-state index is 5.32. The molecule has 0 aliphatic carbocycles. The molecule has 0 saturated carbocycles. The number of hydrogen-bond donors (Lipinski definition) is 0. The van der Waals surface area contributed by atoms with Crippen LogP contribution in [0.4, 0.5) is 0 Å². The van der Waals surface area contributed by atoms with Crippen molar-refractivity contribution in [3.8, 4) is 5.75 Å². The van der Waals surface area contributed by atoms with Crippen molar-refractivity contribution in [2.24, 2.45) is 0 Å². The van der Waals surface area contributed by atoms with Gasteiger partial charge in [0.1, 0.15) is 5.75 Å². The predicted octanol–water partition coefficient (Wildman–Crippen LogP) is 2.90. The van der Waals surface area contributed by atoms with E-state index in [0.717, 1.165) is 18.7 Å². The van der Waals surface area contributed by atoms with E-state index < -0.39 is 0 Å². The molecule has 0 spiro atoms. The van der Waals surface area contributed by atoms with E-state index in [-0.39, 0.29) is 0 Å². The molecule has 1 heterocycles. The van der Waals surface area contributed by atoms with Crippen LogP contribution in [0.5, 0.6) is 5.75 Å². The van der Waals surface area contributed by atoms with Crippen LogP contribution in [-0.4, -0.2) is 32.1 Å². The monoisotopic (exact) mass is 233 g/mol. The van der Waals surface area contributed by atoms with Crippen LogP contribution in [-0.2, 0) is 12.8 Å². The van der Waals surface area contributed by atoms with E-state index in [4.69, 9.17) is 4.74 Å². The number of hydrogen-bond acceptors (Lipinski definition) is 2. The van der Waals surface area contributed by atoms with E-state index in [0.29, 0.717) is 0 Å². The molecule has 1 aromatic rings. The summed E-state index contributed by atoms with van der Waals surface area (Å²) in [6.07, 6.45) is 6.36. The molecule has 0 atom stereocenters. The number of nitrogens with zero attached hydrogens (tertiary/aromatic N) is 1. The van der Waals surface area contributed by atoms with Gasteiger partial charge in [0.2, 0.25) is 0 Å². The highest BCUT2D eigenvalue weighted by Crippen LogP contribution is 2.21. The summed E-state index contributed by atoms with van der Waals surface area (Å²) in [6, 6.07) is 6.55. The minimum absolute atomic E-state index is 0.989. The second kappa shape index (κ2) is 6.06. The van der Waals surface area contributed by atoms with Gasteiger partial charge in [0.25, 0.3) is 0 Å².